The Balaban J connectivity index is 1.42. The number of benzene rings is 2. The summed E-state index contributed by atoms with van der Waals surface area (Å²) < 4.78 is 0. The van der Waals surface area contributed by atoms with Crippen LogP contribution in [0.25, 0.3) is 0 Å². The monoisotopic (exact) mass is 391 g/mol. The third-order valence-electron chi connectivity index (χ3n) is 6.39. The van der Waals surface area contributed by atoms with Gasteiger partial charge in [0.1, 0.15) is 5.54 Å². The van der Waals surface area contributed by atoms with Gasteiger partial charge in [0.25, 0.3) is 5.91 Å². The lowest BCUT2D eigenvalue weighted by molar-refractivity contribution is -0.127. The van der Waals surface area contributed by atoms with E-state index in [1.165, 1.54) is 16.7 Å². The van der Waals surface area contributed by atoms with E-state index >= 15 is 0 Å². The Morgan fingerprint density at radius 1 is 1.00 bits per heavy atom. The lowest BCUT2D eigenvalue weighted by Gasteiger charge is -2.40. The molecule has 3 amide bonds. The molecule has 2 saturated heterocycles. The van der Waals surface area contributed by atoms with Crippen molar-refractivity contribution in [3.05, 3.63) is 71.3 Å². The largest absolute Gasteiger partial charge is 0.323 e. The van der Waals surface area contributed by atoms with Crippen LogP contribution in [0.1, 0.15) is 36.0 Å². The van der Waals surface area contributed by atoms with Gasteiger partial charge in [0.15, 0.2) is 0 Å². The highest BCUT2D eigenvalue weighted by Crippen LogP contribution is 2.35. The number of nitrogens with one attached hydrogen (secondary N) is 2. The van der Waals surface area contributed by atoms with Gasteiger partial charge in [-0.1, -0.05) is 60.2 Å². The van der Waals surface area contributed by atoms with Crippen molar-refractivity contribution in [3.63, 3.8) is 0 Å². The van der Waals surface area contributed by atoms with Crippen LogP contribution in [0.5, 0.6) is 0 Å². The molecular weight excluding hydrogens is 362 g/mol. The second-order valence-corrected chi connectivity index (χ2v) is 8.40. The van der Waals surface area contributed by atoms with E-state index in [-0.39, 0.29) is 17.9 Å². The predicted molar refractivity (Wildman–Crippen MR) is 113 cm³/mol. The second kappa shape index (κ2) is 8.37. The number of amides is 3. The van der Waals surface area contributed by atoms with Gasteiger partial charge >= 0.3 is 6.03 Å². The molecule has 2 aromatic carbocycles. The van der Waals surface area contributed by atoms with Crippen LogP contribution in [0.3, 0.4) is 0 Å². The predicted octanol–water partition coefficient (Wildman–Crippen LogP) is 3.42. The van der Waals surface area contributed by atoms with Crippen molar-refractivity contribution in [3.8, 4) is 0 Å². The smallest absolute Gasteiger partial charge is 0.322 e. The van der Waals surface area contributed by atoms with Crippen molar-refractivity contribution in [2.45, 2.75) is 44.7 Å². The van der Waals surface area contributed by atoms with Gasteiger partial charge in [-0.2, -0.15) is 0 Å². The Bertz CT molecular complexity index is 875. The van der Waals surface area contributed by atoms with Gasteiger partial charge < -0.3 is 5.32 Å². The summed E-state index contributed by atoms with van der Waals surface area (Å²) in [5, 5.41) is 5.51. The second-order valence-electron chi connectivity index (χ2n) is 8.40. The van der Waals surface area contributed by atoms with Crippen LogP contribution in [0.4, 0.5) is 4.79 Å². The number of imide groups is 1. The van der Waals surface area contributed by atoms with E-state index in [1.54, 1.807) is 0 Å². The molecular formula is C24H29N3O2. The molecule has 4 rings (SSSR count). The Morgan fingerprint density at radius 2 is 1.72 bits per heavy atom. The minimum absolute atomic E-state index is 0.157. The number of likely N-dealkylation sites (tertiary alicyclic amines) is 1. The number of carbonyl (C=O) groups excluding carboxylic acids is 2. The number of hydrogen-bond acceptors (Lipinski definition) is 3. The zero-order valence-electron chi connectivity index (χ0n) is 17.0. The molecule has 2 heterocycles. The average molecular weight is 392 g/mol. The van der Waals surface area contributed by atoms with Crippen molar-refractivity contribution in [1.29, 1.82) is 0 Å². The van der Waals surface area contributed by atoms with Crippen molar-refractivity contribution < 1.29 is 9.59 Å². The maximum atomic E-state index is 12.8. The standard InChI is InChI=1S/C24H29N3O2/c1-18-6-5-9-20(16-18)17-27-14-11-21(12-15-27)24(22(28)25-23(29)26-24)13-10-19-7-3-2-4-8-19/h2-9,16,21H,10-15,17H2,1H3,(H2,25,26,28,29). The Labute approximate surface area is 172 Å². The maximum absolute atomic E-state index is 12.8. The third-order valence-corrected chi connectivity index (χ3v) is 6.39. The van der Waals surface area contributed by atoms with Crippen molar-refractivity contribution in [2.24, 2.45) is 5.92 Å². The van der Waals surface area contributed by atoms with Gasteiger partial charge in [0, 0.05) is 6.54 Å². The lowest BCUT2D eigenvalue weighted by atomic mass is 9.74. The van der Waals surface area contributed by atoms with Crippen molar-refractivity contribution in [1.82, 2.24) is 15.5 Å². The molecule has 5 heteroatoms. The highest BCUT2D eigenvalue weighted by atomic mass is 16.2. The molecule has 1 atom stereocenters. The summed E-state index contributed by atoms with van der Waals surface area (Å²) in [5.74, 6) is 0.00184. The van der Waals surface area contributed by atoms with Gasteiger partial charge in [-0.25, -0.2) is 4.79 Å². The summed E-state index contributed by atoms with van der Waals surface area (Å²) in [6.45, 7) is 4.93. The summed E-state index contributed by atoms with van der Waals surface area (Å²) in [4.78, 5) is 27.3. The number of urea groups is 1. The van der Waals surface area contributed by atoms with E-state index in [4.69, 9.17) is 0 Å². The summed E-state index contributed by atoms with van der Waals surface area (Å²) in [6.07, 6.45) is 3.23. The van der Waals surface area contributed by atoms with Gasteiger partial charge in [-0.15, -0.1) is 0 Å². The van der Waals surface area contributed by atoms with E-state index < -0.39 is 5.54 Å². The highest BCUT2D eigenvalue weighted by Gasteiger charge is 2.51. The third kappa shape index (κ3) is 4.35. The molecule has 0 radical (unpaired) electrons. The zero-order valence-corrected chi connectivity index (χ0v) is 17.0. The molecule has 0 spiro atoms. The zero-order chi connectivity index (χ0) is 20.3. The first-order chi connectivity index (χ1) is 14.0. The van der Waals surface area contributed by atoms with Crippen LogP contribution in [0.2, 0.25) is 0 Å². The fraction of sp³-hybridized carbons (Fsp3) is 0.417. The van der Waals surface area contributed by atoms with Gasteiger partial charge in [0.2, 0.25) is 0 Å². The minimum Gasteiger partial charge on any atom is -0.323 e. The molecule has 2 N–H and O–H groups in total. The van der Waals surface area contributed by atoms with E-state index in [1.807, 2.05) is 18.2 Å². The Morgan fingerprint density at radius 3 is 2.38 bits per heavy atom. The summed E-state index contributed by atoms with van der Waals surface area (Å²) in [6, 6.07) is 18.4. The van der Waals surface area contributed by atoms with Crippen LogP contribution < -0.4 is 10.6 Å². The number of carbonyl (C=O) groups is 2. The van der Waals surface area contributed by atoms with Crippen LogP contribution >= 0.6 is 0 Å². The molecule has 5 nitrogen and oxygen atoms in total. The fourth-order valence-electron chi connectivity index (χ4n) is 4.81. The summed E-state index contributed by atoms with van der Waals surface area (Å²) in [5.41, 5.74) is 3.01. The number of rotatable bonds is 6. The van der Waals surface area contributed by atoms with Gasteiger partial charge in [-0.3, -0.25) is 15.0 Å². The highest BCUT2D eigenvalue weighted by molar-refractivity contribution is 6.07. The molecule has 1 unspecified atom stereocenters. The topological polar surface area (TPSA) is 61.4 Å². The first kappa shape index (κ1) is 19.6. The molecule has 2 aliphatic heterocycles. The minimum atomic E-state index is -0.789. The number of aryl methyl sites for hydroxylation is 2. The quantitative estimate of drug-likeness (QED) is 0.742. The van der Waals surface area contributed by atoms with E-state index in [2.05, 4.69) is 58.9 Å². The van der Waals surface area contributed by atoms with Crippen LogP contribution in [-0.4, -0.2) is 35.5 Å². The van der Waals surface area contributed by atoms with Gasteiger partial charge in [-0.05, 0) is 62.7 Å². The number of nitrogens with zero attached hydrogens (tertiary/aromatic N) is 1. The van der Waals surface area contributed by atoms with Crippen LogP contribution in [0.15, 0.2) is 54.6 Å². The normalized spacial score (nSPS) is 23.1. The first-order valence-electron chi connectivity index (χ1n) is 10.5. The number of piperidine rings is 1. The molecule has 29 heavy (non-hydrogen) atoms. The summed E-state index contributed by atoms with van der Waals surface area (Å²) in [7, 11) is 0. The number of hydrogen-bond donors (Lipinski definition) is 2. The molecule has 152 valence electrons. The first-order valence-corrected chi connectivity index (χ1v) is 10.5. The molecule has 0 bridgehead atoms. The molecule has 0 aromatic heterocycles. The molecule has 2 aromatic rings. The van der Waals surface area contributed by atoms with E-state index in [0.29, 0.717) is 6.42 Å². The molecule has 2 fully saturated rings. The average Bonchev–Trinajstić information content (AvgIpc) is 3.02. The lowest BCUT2D eigenvalue weighted by Crippen LogP contribution is -2.56. The molecule has 0 saturated carbocycles. The molecule has 2 aliphatic rings. The maximum Gasteiger partial charge on any atom is 0.322 e. The Kier molecular flexibility index (Phi) is 5.67. The van der Waals surface area contributed by atoms with Gasteiger partial charge in [0.05, 0.1) is 0 Å². The Hall–Kier alpha value is -2.66. The van der Waals surface area contributed by atoms with Crippen LogP contribution in [-0.2, 0) is 17.8 Å². The summed E-state index contributed by atoms with van der Waals surface area (Å²) >= 11 is 0. The van der Waals surface area contributed by atoms with E-state index in [0.717, 1.165) is 38.9 Å². The SMILES string of the molecule is Cc1cccc(CN2CCC(C3(CCc4ccccc4)NC(=O)NC3=O)CC2)c1. The van der Waals surface area contributed by atoms with Crippen LogP contribution in [0, 0.1) is 12.8 Å². The van der Waals surface area contributed by atoms with Crippen molar-refractivity contribution in [2.75, 3.05) is 13.1 Å². The molecule has 0 aliphatic carbocycles. The van der Waals surface area contributed by atoms with Crippen molar-refractivity contribution >= 4 is 11.9 Å². The fourth-order valence-corrected chi connectivity index (χ4v) is 4.81. The van der Waals surface area contributed by atoms with E-state index in [9.17, 15) is 9.59 Å².